The Kier molecular flexibility index (Phi) is 5.50. The average Bonchev–Trinajstić information content (AvgIpc) is 2.35. The molecule has 104 valence electrons. The van der Waals surface area contributed by atoms with Crippen molar-refractivity contribution in [3.63, 3.8) is 0 Å². The molecule has 1 aromatic rings. The van der Waals surface area contributed by atoms with Gasteiger partial charge in [-0.05, 0) is 31.0 Å². The van der Waals surface area contributed by atoms with Gasteiger partial charge in [0.15, 0.2) is 5.60 Å². The van der Waals surface area contributed by atoms with Crippen molar-refractivity contribution in [1.29, 1.82) is 0 Å². The predicted molar refractivity (Wildman–Crippen MR) is 73.7 cm³/mol. The number of carbonyl (C=O) groups is 2. The summed E-state index contributed by atoms with van der Waals surface area (Å²) in [6.45, 7) is 0.839. The van der Waals surface area contributed by atoms with Crippen molar-refractivity contribution in [2.45, 2.75) is 25.4 Å². The maximum Gasteiger partial charge on any atom is 0.337 e. The summed E-state index contributed by atoms with van der Waals surface area (Å²) in [5.74, 6) is -1.65. The number of carboxylic acids is 1. The van der Waals surface area contributed by atoms with Gasteiger partial charge in [-0.15, -0.1) is 0 Å². The van der Waals surface area contributed by atoms with E-state index in [9.17, 15) is 14.7 Å². The van der Waals surface area contributed by atoms with E-state index in [0.717, 1.165) is 17.0 Å². The molecule has 5 nitrogen and oxygen atoms in total. The molecule has 1 aromatic carbocycles. The first-order valence-electron chi connectivity index (χ1n) is 5.78. The van der Waals surface area contributed by atoms with Crippen molar-refractivity contribution < 1.29 is 19.8 Å². The highest BCUT2D eigenvalue weighted by Crippen LogP contribution is 2.11. The van der Waals surface area contributed by atoms with E-state index in [1.807, 2.05) is 24.3 Å². The van der Waals surface area contributed by atoms with Gasteiger partial charge in [-0.2, -0.15) is 0 Å². The van der Waals surface area contributed by atoms with Gasteiger partial charge < -0.3 is 15.5 Å². The summed E-state index contributed by atoms with van der Waals surface area (Å²) in [5, 5.41) is 20.5. The van der Waals surface area contributed by atoms with Gasteiger partial charge in [0.2, 0.25) is 5.91 Å². The van der Waals surface area contributed by atoms with Crippen LogP contribution >= 0.6 is 15.9 Å². The van der Waals surface area contributed by atoms with Crippen molar-refractivity contribution in [3.8, 4) is 0 Å². The van der Waals surface area contributed by atoms with Crippen LogP contribution in [0.1, 0.15) is 18.9 Å². The van der Waals surface area contributed by atoms with Crippen LogP contribution < -0.4 is 5.32 Å². The summed E-state index contributed by atoms with van der Waals surface area (Å²) in [4.78, 5) is 22.2. The van der Waals surface area contributed by atoms with E-state index < -0.39 is 11.6 Å². The molecule has 0 spiro atoms. The van der Waals surface area contributed by atoms with Crippen molar-refractivity contribution in [3.05, 3.63) is 34.3 Å². The molecule has 0 saturated heterocycles. The molecule has 3 N–H and O–H groups in total. The monoisotopic (exact) mass is 329 g/mol. The third-order valence-corrected chi connectivity index (χ3v) is 3.17. The number of carboxylic acid groups (broad SMARTS) is 1. The zero-order valence-electron chi connectivity index (χ0n) is 10.5. The molecular weight excluding hydrogens is 314 g/mol. The summed E-state index contributed by atoms with van der Waals surface area (Å²) < 4.78 is 0.971. The summed E-state index contributed by atoms with van der Waals surface area (Å²) in [7, 11) is 0. The molecule has 0 aromatic heterocycles. The fourth-order valence-corrected chi connectivity index (χ4v) is 1.61. The summed E-state index contributed by atoms with van der Waals surface area (Å²) in [6, 6.07) is 7.60. The van der Waals surface area contributed by atoms with Crippen LogP contribution in [0, 0.1) is 0 Å². The Morgan fingerprint density at radius 3 is 2.42 bits per heavy atom. The molecule has 0 aliphatic rings. The quantitative estimate of drug-likeness (QED) is 0.734. The topological polar surface area (TPSA) is 86.6 Å². The van der Waals surface area contributed by atoms with Crippen LogP contribution in [0.15, 0.2) is 28.7 Å². The number of aliphatic carboxylic acids is 1. The van der Waals surface area contributed by atoms with Crippen molar-refractivity contribution in [2.75, 3.05) is 6.54 Å². The smallest absolute Gasteiger partial charge is 0.337 e. The number of nitrogens with one attached hydrogen (secondary N) is 1. The standard InChI is InChI=1S/C13H16BrNO4/c1-13(19,12(17)18)8-15-11(16)7-4-9-2-5-10(14)6-3-9/h2-3,5-6,19H,4,7-8H2,1H3,(H,15,16)(H,17,18). The van der Waals surface area contributed by atoms with Crippen molar-refractivity contribution >= 4 is 27.8 Å². The highest BCUT2D eigenvalue weighted by Gasteiger charge is 2.30. The van der Waals surface area contributed by atoms with Gasteiger partial charge in [-0.3, -0.25) is 4.79 Å². The maximum absolute atomic E-state index is 11.5. The highest BCUT2D eigenvalue weighted by atomic mass is 79.9. The van der Waals surface area contributed by atoms with E-state index in [1.165, 1.54) is 0 Å². The Morgan fingerprint density at radius 1 is 1.32 bits per heavy atom. The summed E-state index contributed by atoms with van der Waals surface area (Å²) in [5.41, 5.74) is -0.920. The second-order valence-corrected chi connectivity index (χ2v) is 5.40. The fraction of sp³-hybridized carbons (Fsp3) is 0.385. The Morgan fingerprint density at radius 2 is 1.89 bits per heavy atom. The predicted octanol–water partition coefficient (Wildman–Crippen LogP) is 1.33. The highest BCUT2D eigenvalue weighted by molar-refractivity contribution is 9.10. The van der Waals surface area contributed by atoms with Gasteiger partial charge in [0.1, 0.15) is 0 Å². The normalized spacial score (nSPS) is 13.6. The van der Waals surface area contributed by atoms with Gasteiger partial charge >= 0.3 is 5.97 Å². The van der Waals surface area contributed by atoms with E-state index in [-0.39, 0.29) is 18.9 Å². The van der Waals surface area contributed by atoms with Crippen molar-refractivity contribution in [1.82, 2.24) is 5.32 Å². The number of aryl methyl sites for hydroxylation is 1. The molecule has 19 heavy (non-hydrogen) atoms. The van der Waals surface area contributed by atoms with Gasteiger partial charge in [-0.25, -0.2) is 4.79 Å². The minimum atomic E-state index is -1.94. The minimum Gasteiger partial charge on any atom is -0.479 e. The largest absolute Gasteiger partial charge is 0.479 e. The SMILES string of the molecule is CC(O)(CNC(=O)CCc1ccc(Br)cc1)C(=O)O. The van der Waals surface area contributed by atoms with Crippen LogP contribution in [0.5, 0.6) is 0 Å². The van der Waals surface area contributed by atoms with Gasteiger partial charge in [0, 0.05) is 10.9 Å². The molecule has 1 unspecified atom stereocenters. The molecule has 1 amide bonds. The molecule has 0 saturated carbocycles. The molecule has 0 radical (unpaired) electrons. The number of carbonyl (C=O) groups excluding carboxylic acids is 1. The van der Waals surface area contributed by atoms with Crippen LogP contribution in [0.25, 0.3) is 0 Å². The number of aliphatic hydroxyl groups is 1. The Balaban J connectivity index is 2.36. The van der Waals surface area contributed by atoms with Crippen LogP contribution in [0.4, 0.5) is 0 Å². The molecule has 0 bridgehead atoms. The summed E-state index contributed by atoms with van der Waals surface area (Å²) in [6.07, 6.45) is 0.811. The maximum atomic E-state index is 11.5. The lowest BCUT2D eigenvalue weighted by Gasteiger charge is -2.18. The third kappa shape index (κ3) is 5.40. The van der Waals surface area contributed by atoms with E-state index in [4.69, 9.17) is 5.11 Å². The lowest BCUT2D eigenvalue weighted by molar-refractivity contribution is -0.156. The van der Waals surface area contributed by atoms with Crippen LogP contribution in [0.3, 0.4) is 0 Å². The number of hydrogen-bond acceptors (Lipinski definition) is 3. The van der Waals surface area contributed by atoms with E-state index in [1.54, 1.807) is 0 Å². The lowest BCUT2D eigenvalue weighted by Crippen LogP contribution is -2.46. The molecule has 0 heterocycles. The molecule has 0 aliphatic carbocycles. The first kappa shape index (κ1) is 15.7. The van der Waals surface area contributed by atoms with Gasteiger partial charge in [0.05, 0.1) is 6.54 Å². The number of halogens is 1. The third-order valence-electron chi connectivity index (χ3n) is 2.64. The zero-order chi connectivity index (χ0) is 14.5. The molecule has 1 atom stereocenters. The molecule has 1 rings (SSSR count). The van der Waals surface area contributed by atoms with E-state index in [2.05, 4.69) is 21.2 Å². The number of benzene rings is 1. The molecular formula is C13H16BrNO4. The van der Waals surface area contributed by atoms with E-state index >= 15 is 0 Å². The number of amides is 1. The second-order valence-electron chi connectivity index (χ2n) is 4.48. The first-order chi connectivity index (χ1) is 8.81. The first-order valence-corrected chi connectivity index (χ1v) is 6.57. The Hall–Kier alpha value is -1.40. The van der Waals surface area contributed by atoms with E-state index in [0.29, 0.717) is 6.42 Å². The van der Waals surface area contributed by atoms with Crippen molar-refractivity contribution in [2.24, 2.45) is 0 Å². The van der Waals surface area contributed by atoms with Gasteiger partial charge in [-0.1, -0.05) is 28.1 Å². The minimum absolute atomic E-state index is 0.247. The number of rotatable bonds is 6. The number of hydrogen-bond donors (Lipinski definition) is 3. The lowest BCUT2D eigenvalue weighted by atomic mass is 10.1. The zero-order valence-corrected chi connectivity index (χ0v) is 12.1. The molecule has 0 fully saturated rings. The van der Waals surface area contributed by atoms with Crippen LogP contribution in [-0.4, -0.2) is 34.2 Å². The summed E-state index contributed by atoms with van der Waals surface area (Å²) >= 11 is 3.32. The Labute approximate surface area is 119 Å². The molecule has 6 heteroatoms. The second kappa shape index (κ2) is 6.68. The van der Waals surface area contributed by atoms with Crippen LogP contribution in [-0.2, 0) is 16.0 Å². The molecule has 0 aliphatic heterocycles. The fourth-order valence-electron chi connectivity index (χ4n) is 1.34. The Bertz CT molecular complexity index is 456. The average molecular weight is 330 g/mol. The van der Waals surface area contributed by atoms with Crippen LogP contribution in [0.2, 0.25) is 0 Å². The van der Waals surface area contributed by atoms with Gasteiger partial charge in [0.25, 0.3) is 0 Å².